The van der Waals surface area contributed by atoms with Crippen molar-refractivity contribution < 1.29 is 106 Å². The van der Waals surface area contributed by atoms with Crippen LogP contribution in [-0.2, 0) is 25.8 Å². The van der Waals surface area contributed by atoms with E-state index in [9.17, 15) is 0 Å². The number of fused-ring (bicyclic) bond motifs is 2. The van der Waals surface area contributed by atoms with E-state index in [1.807, 2.05) is 36.4 Å². The number of para-hydroxylation sites is 2. The molecule has 10 rings (SSSR count). The first-order chi connectivity index (χ1) is 35.0. The minimum Gasteiger partial charge on any atom is -0.674 e. The summed E-state index contributed by atoms with van der Waals surface area (Å²) >= 11 is 0. The van der Waals surface area contributed by atoms with Crippen molar-refractivity contribution in [1.82, 2.24) is 9.97 Å². The van der Waals surface area contributed by atoms with Crippen molar-refractivity contribution in [2.75, 3.05) is 5.32 Å². The van der Waals surface area contributed by atoms with Crippen LogP contribution in [-0.4, -0.2) is 9.97 Å². The Morgan fingerprint density at radius 2 is 0.895 bits per heavy atom. The topological polar surface area (TPSA) is 51.9 Å². The van der Waals surface area contributed by atoms with Gasteiger partial charge < -0.3 is 23.0 Å². The summed E-state index contributed by atoms with van der Waals surface area (Å²) < 4.78 is 0. The van der Waals surface area contributed by atoms with E-state index in [4.69, 9.17) is 15.3 Å². The number of rotatable bonds is 14. The molecule has 0 spiro atoms. The molecule has 0 saturated heterocycles. The number of nitrogens with zero attached hydrogens (tertiary/aromatic N) is 3. The number of nitrogens with one attached hydrogen (secondary N) is 1. The third-order valence-electron chi connectivity index (χ3n) is 13.5. The quantitative estimate of drug-likeness (QED) is 0.0872. The smallest absolute Gasteiger partial charge is 0.0715 e. The fraction of sp³-hybridized carbons (Fsp3) is 0.203. The van der Waals surface area contributed by atoms with Crippen molar-refractivity contribution in [3.05, 3.63) is 276 Å². The second-order valence-corrected chi connectivity index (χ2v) is 19.8. The molecule has 0 aliphatic rings. The van der Waals surface area contributed by atoms with Crippen molar-refractivity contribution in [3.8, 4) is 22.5 Å². The molecule has 4 nitrogen and oxygen atoms in total. The van der Waals surface area contributed by atoms with Gasteiger partial charge in [-0.2, -0.15) is 66.2 Å². The Balaban J connectivity index is 0.000000267. The minimum atomic E-state index is -0.265. The minimum absolute atomic E-state index is 0. The first-order valence-electron chi connectivity index (χ1n) is 25.5. The van der Waals surface area contributed by atoms with Crippen LogP contribution in [0.15, 0.2) is 200 Å². The molecule has 0 fully saturated rings. The van der Waals surface area contributed by atoms with Crippen LogP contribution in [0.4, 0.5) is 11.4 Å². The molecule has 76 heavy (non-hydrogen) atoms. The molecule has 0 radical (unpaired) electrons. The van der Waals surface area contributed by atoms with Gasteiger partial charge in [-0.15, -0.1) is 40.4 Å². The molecule has 0 aliphatic carbocycles. The Hall–Kier alpha value is -4.30. The van der Waals surface area contributed by atoms with Crippen LogP contribution < -0.4 is 5.32 Å². The fourth-order valence-electron chi connectivity index (χ4n) is 9.75. The second-order valence-electron chi connectivity index (χ2n) is 19.8. The average Bonchev–Trinajstić information content (AvgIpc) is 3.41. The van der Waals surface area contributed by atoms with Crippen LogP contribution in [0, 0.1) is 106 Å². The molecule has 0 saturated carbocycles. The zero-order valence-corrected chi connectivity index (χ0v) is 53.2. The maximum Gasteiger partial charge on any atom is 0.0715 e. The van der Waals surface area contributed by atoms with Crippen molar-refractivity contribution in [1.29, 1.82) is 0 Å². The third kappa shape index (κ3) is 14.7. The van der Waals surface area contributed by atoms with E-state index in [2.05, 4.69) is 243 Å². The van der Waals surface area contributed by atoms with E-state index >= 15 is 0 Å². The zero-order valence-electron chi connectivity index (χ0n) is 45.1. The summed E-state index contributed by atoms with van der Waals surface area (Å²) in [5.74, 6) is 1.54. The normalized spacial score (nSPS) is 11.6. The molecule has 7 heteroatoms. The molecule has 0 bridgehead atoms. The number of aromatic nitrogens is 2. The number of hydrogen-bond donors (Lipinski definition) is 1. The van der Waals surface area contributed by atoms with Gasteiger partial charge in [0.2, 0.25) is 0 Å². The van der Waals surface area contributed by atoms with Crippen molar-refractivity contribution >= 4 is 32.9 Å². The van der Waals surface area contributed by atoms with E-state index in [0.29, 0.717) is 23.7 Å². The molecule has 2 unspecified atom stereocenters. The van der Waals surface area contributed by atoms with Gasteiger partial charge in [0.1, 0.15) is 0 Å². The molecular formula is C69H67Gd2HfN4-5. The summed E-state index contributed by atoms with van der Waals surface area (Å²) in [4.78, 5) is 10.4. The van der Waals surface area contributed by atoms with Gasteiger partial charge >= 0.3 is 0 Å². The SMILES string of the molecule is CC(C)c1cccc(C(C)C)c1NC(c1[c-]cccc1)c1cccc(-c2cccc3ccccc23)n1.CC(C)c1cccc(C(C)C)c1[N-]C(c1[c-]cccc1)c1cccc(-c2[c-]ccc3ccccc23)n1.[CH3-].[Gd].[Gd].[Hf]. The summed E-state index contributed by atoms with van der Waals surface area (Å²) in [5.41, 5.74) is 15.5. The van der Waals surface area contributed by atoms with Gasteiger partial charge in [0.15, 0.2) is 0 Å². The van der Waals surface area contributed by atoms with Crippen LogP contribution in [0.1, 0.15) is 136 Å². The van der Waals surface area contributed by atoms with Crippen LogP contribution in [0.5, 0.6) is 0 Å². The third-order valence-corrected chi connectivity index (χ3v) is 13.5. The summed E-state index contributed by atoms with van der Waals surface area (Å²) in [6.45, 7) is 18.0. The van der Waals surface area contributed by atoms with Gasteiger partial charge in [0.25, 0.3) is 0 Å². The Morgan fingerprint density at radius 3 is 1.49 bits per heavy atom. The standard InChI is InChI=1S/C34H33N2.C34H31N2.CH3.2Gd.Hf/c2*1-23(2)27-18-11-19-28(24(3)4)34(27)36-33(26-14-6-5-7-15-26)32-22-12-21-31(35-32)30-20-10-16-25-13-8-9-17-29(25)30;;;;/h5-14,16-24,33,36H,1-4H3;5-14,16-19,21-24,33H,1-4H3;1H3;;;/q-1;-3;-1;;;. The van der Waals surface area contributed by atoms with E-state index in [0.717, 1.165) is 56.1 Å². The molecule has 0 aliphatic heterocycles. The van der Waals surface area contributed by atoms with E-state index < -0.39 is 0 Å². The number of benzene rings is 8. The summed E-state index contributed by atoms with van der Waals surface area (Å²) in [5, 5.41) is 14.1. The van der Waals surface area contributed by atoms with Gasteiger partial charge in [-0.1, -0.05) is 199 Å². The van der Waals surface area contributed by atoms with E-state index in [-0.39, 0.29) is 125 Å². The Kier molecular flexibility index (Phi) is 24.4. The van der Waals surface area contributed by atoms with Crippen molar-refractivity contribution in [2.45, 2.75) is 91.1 Å². The maximum absolute atomic E-state index is 5.43. The molecular weight excluding hydrogens is 1380 g/mol. The Labute approximate surface area is 536 Å². The molecule has 388 valence electrons. The molecule has 10 aromatic rings. The van der Waals surface area contributed by atoms with Crippen LogP contribution in [0.2, 0.25) is 0 Å². The average molecular weight is 1450 g/mol. The van der Waals surface area contributed by atoms with Crippen molar-refractivity contribution in [3.63, 3.8) is 0 Å². The second kappa shape index (κ2) is 29.6. The van der Waals surface area contributed by atoms with Gasteiger partial charge in [-0.3, -0.25) is 4.98 Å². The summed E-state index contributed by atoms with van der Waals surface area (Å²) in [6.07, 6.45) is 0. The predicted molar refractivity (Wildman–Crippen MR) is 310 cm³/mol. The zero-order chi connectivity index (χ0) is 50.1. The van der Waals surface area contributed by atoms with Gasteiger partial charge in [0.05, 0.1) is 17.4 Å². The molecule has 2 aromatic heterocycles. The molecule has 1 N–H and O–H groups in total. The van der Waals surface area contributed by atoms with Crippen LogP contribution in [0.3, 0.4) is 0 Å². The number of anilines is 1. The van der Waals surface area contributed by atoms with Gasteiger partial charge in [-0.05, 0) is 69.5 Å². The largest absolute Gasteiger partial charge is 0.674 e. The molecule has 8 aromatic carbocycles. The molecule has 0 amide bonds. The fourth-order valence-corrected chi connectivity index (χ4v) is 9.75. The molecule has 2 atom stereocenters. The van der Waals surface area contributed by atoms with Crippen molar-refractivity contribution in [2.24, 2.45) is 0 Å². The molecule has 2 heterocycles. The van der Waals surface area contributed by atoms with E-state index in [1.54, 1.807) is 0 Å². The predicted octanol–water partition coefficient (Wildman–Crippen LogP) is 19.1. The van der Waals surface area contributed by atoms with Gasteiger partial charge in [-0.25, -0.2) is 0 Å². The van der Waals surface area contributed by atoms with Gasteiger partial charge in [0, 0.05) is 123 Å². The Bertz CT molecular complexity index is 3120. The van der Waals surface area contributed by atoms with Crippen LogP contribution >= 0.6 is 0 Å². The first kappa shape index (κ1) is 62.5. The van der Waals surface area contributed by atoms with Crippen LogP contribution in [0.25, 0.3) is 49.4 Å². The number of hydrogen-bond acceptors (Lipinski definition) is 3. The first-order valence-corrected chi connectivity index (χ1v) is 25.5. The monoisotopic (exact) mass is 1450 g/mol. The summed E-state index contributed by atoms with van der Waals surface area (Å²) in [7, 11) is 0. The Morgan fingerprint density at radius 1 is 0.421 bits per heavy atom. The summed E-state index contributed by atoms with van der Waals surface area (Å²) in [6, 6.07) is 79.5. The number of pyridine rings is 2. The maximum atomic E-state index is 5.43. The van der Waals surface area contributed by atoms with E-state index in [1.165, 1.54) is 44.1 Å².